The van der Waals surface area contributed by atoms with Crippen molar-refractivity contribution in [3.63, 3.8) is 0 Å². The molecule has 0 aromatic heterocycles. The lowest BCUT2D eigenvalue weighted by Gasteiger charge is -2.36. The van der Waals surface area contributed by atoms with Crippen LogP contribution in [0.2, 0.25) is 0 Å². The molecule has 1 unspecified atom stereocenters. The van der Waals surface area contributed by atoms with Gasteiger partial charge in [-0.1, -0.05) is 20.3 Å². The molecule has 0 aliphatic heterocycles. The van der Waals surface area contributed by atoms with Gasteiger partial charge in [-0.3, -0.25) is 0 Å². The third-order valence-electron chi connectivity index (χ3n) is 4.10. The molecule has 0 spiro atoms. The van der Waals surface area contributed by atoms with Crippen LogP contribution in [0.3, 0.4) is 0 Å². The third-order valence-corrected chi connectivity index (χ3v) is 4.10. The normalized spacial score (nSPS) is 20.8. The minimum absolute atomic E-state index is 0.317. The predicted molar refractivity (Wildman–Crippen MR) is 86.5 cm³/mol. The van der Waals surface area contributed by atoms with E-state index in [0.717, 1.165) is 18.5 Å². The van der Waals surface area contributed by atoms with Crippen molar-refractivity contribution in [2.24, 2.45) is 5.41 Å². The molecule has 0 radical (unpaired) electrons. The number of nitrogen functional groups attached to an aromatic ring is 1. The Hall–Kier alpha value is -1.71. The Morgan fingerprint density at radius 1 is 1.48 bits per heavy atom. The Bertz CT molecular complexity index is 512. The fourth-order valence-corrected chi connectivity index (χ4v) is 3.11. The molecule has 1 fully saturated rings. The zero-order valence-electron chi connectivity index (χ0n) is 13.2. The van der Waals surface area contributed by atoms with E-state index in [1.54, 1.807) is 13.0 Å². The minimum atomic E-state index is -0.317. The maximum atomic E-state index is 12.1. The van der Waals surface area contributed by atoms with Crippen molar-refractivity contribution in [3.05, 3.63) is 23.8 Å². The third kappa shape index (κ3) is 4.13. The quantitative estimate of drug-likeness (QED) is 0.653. The number of rotatable bonds is 4. The molecule has 4 heteroatoms. The van der Waals surface area contributed by atoms with E-state index in [0.29, 0.717) is 29.3 Å². The molecule has 1 aromatic carbocycles. The molecule has 1 aromatic rings. The first-order chi connectivity index (χ1) is 9.91. The van der Waals surface area contributed by atoms with Gasteiger partial charge >= 0.3 is 5.97 Å². The summed E-state index contributed by atoms with van der Waals surface area (Å²) in [4.78, 5) is 12.1. The van der Waals surface area contributed by atoms with Gasteiger partial charge in [0, 0.05) is 17.4 Å². The molecule has 1 aliphatic carbocycles. The first-order valence-electron chi connectivity index (χ1n) is 7.74. The second-order valence-electron chi connectivity index (χ2n) is 6.63. The number of hydrogen-bond acceptors (Lipinski definition) is 4. The van der Waals surface area contributed by atoms with Gasteiger partial charge in [-0.05, 0) is 49.8 Å². The number of carbonyl (C=O) groups is 1. The smallest absolute Gasteiger partial charge is 0.340 e. The van der Waals surface area contributed by atoms with Crippen LogP contribution in [-0.4, -0.2) is 18.6 Å². The molecule has 0 bridgehead atoms. The molecule has 21 heavy (non-hydrogen) atoms. The summed E-state index contributed by atoms with van der Waals surface area (Å²) in [6.07, 6.45) is 4.72. The number of anilines is 2. The Balaban J connectivity index is 2.17. The van der Waals surface area contributed by atoms with Gasteiger partial charge < -0.3 is 15.8 Å². The summed E-state index contributed by atoms with van der Waals surface area (Å²) in [6, 6.07) is 5.78. The molecule has 0 saturated heterocycles. The van der Waals surface area contributed by atoms with Crippen LogP contribution in [0.25, 0.3) is 0 Å². The van der Waals surface area contributed by atoms with Crippen molar-refractivity contribution in [2.45, 2.75) is 52.5 Å². The highest BCUT2D eigenvalue weighted by molar-refractivity contribution is 5.96. The van der Waals surface area contributed by atoms with Gasteiger partial charge in [0.05, 0.1) is 12.2 Å². The van der Waals surface area contributed by atoms with E-state index in [1.165, 1.54) is 12.8 Å². The fourth-order valence-electron chi connectivity index (χ4n) is 3.11. The molecule has 0 heterocycles. The Morgan fingerprint density at radius 2 is 2.24 bits per heavy atom. The summed E-state index contributed by atoms with van der Waals surface area (Å²) in [6.45, 7) is 6.77. The minimum Gasteiger partial charge on any atom is -0.462 e. The predicted octanol–water partition coefficient (Wildman–Crippen LogP) is 3.83. The van der Waals surface area contributed by atoms with Gasteiger partial charge in [-0.25, -0.2) is 4.79 Å². The van der Waals surface area contributed by atoms with Crippen molar-refractivity contribution in [2.75, 3.05) is 17.7 Å². The van der Waals surface area contributed by atoms with Gasteiger partial charge in [0.2, 0.25) is 0 Å². The Kier molecular flexibility index (Phi) is 4.76. The van der Waals surface area contributed by atoms with Crippen molar-refractivity contribution in [1.82, 2.24) is 0 Å². The van der Waals surface area contributed by atoms with Crippen LogP contribution in [0.4, 0.5) is 11.4 Å². The molecule has 1 aliphatic rings. The molecular weight excluding hydrogens is 264 g/mol. The molecule has 4 nitrogen and oxygen atoms in total. The van der Waals surface area contributed by atoms with E-state index >= 15 is 0 Å². The molecule has 116 valence electrons. The first-order valence-corrected chi connectivity index (χ1v) is 7.74. The van der Waals surface area contributed by atoms with Crippen molar-refractivity contribution in [3.8, 4) is 0 Å². The van der Waals surface area contributed by atoms with E-state index in [2.05, 4.69) is 19.2 Å². The molecular formula is C17H26N2O2. The lowest BCUT2D eigenvalue weighted by atomic mass is 9.75. The van der Waals surface area contributed by atoms with Crippen molar-refractivity contribution >= 4 is 17.3 Å². The van der Waals surface area contributed by atoms with Crippen LogP contribution in [0.1, 0.15) is 56.8 Å². The largest absolute Gasteiger partial charge is 0.462 e. The highest BCUT2D eigenvalue weighted by Gasteiger charge is 2.28. The fraction of sp³-hybridized carbons (Fsp3) is 0.588. The van der Waals surface area contributed by atoms with Gasteiger partial charge in [0.25, 0.3) is 0 Å². The summed E-state index contributed by atoms with van der Waals surface area (Å²) in [7, 11) is 0. The van der Waals surface area contributed by atoms with Crippen molar-refractivity contribution < 1.29 is 9.53 Å². The maximum absolute atomic E-state index is 12.1. The molecule has 1 saturated carbocycles. The first kappa shape index (κ1) is 15.7. The molecule has 3 N–H and O–H groups in total. The molecule has 0 amide bonds. The van der Waals surface area contributed by atoms with Crippen LogP contribution in [0.15, 0.2) is 18.2 Å². The van der Waals surface area contributed by atoms with Crippen LogP contribution in [-0.2, 0) is 4.74 Å². The number of benzene rings is 1. The topological polar surface area (TPSA) is 64.3 Å². The number of esters is 1. The lowest BCUT2D eigenvalue weighted by molar-refractivity contribution is 0.0527. The lowest BCUT2D eigenvalue weighted by Crippen LogP contribution is -2.32. The Labute approximate surface area is 127 Å². The van der Waals surface area contributed by atoms with Crippen LogP contribution < -0.4 is 11.1 Å². The number of carbonyl (C=O) groups excluding carboxylic acids is 1. The van der Waals surface area contributed by atoms with E-state index in [1.807, 2.05) is 12.1 Å². The monoisotopic (exact) mass is 290 g/mol. The van der Waals surface area contributed by atoms with Crippen LogP contribution in [0, 0.1) is 5.41 Å². The van der Waals surface area contributed by atoms with Crippen LogP contribution >= 0.6 is 0 Å². The number of ether oxygens (including phenoxy) is 1. The van der Waals surface area contributed by atoms with E-state index in [4.69, 9.17) is 10.5 Å². The summed E-state index contributed by atoms with van der Waals surface area (Å²) in [5, 5.41) is 3.52. The number of nitrogens with one attached hydrogen (secondary N) is 1. The highest BCUT2D eigenvalue weighted by atomic mass is 16.5. The van der Waals surface area contributed by atoms with Gasteiger partial charge in [-0.15, -0.1) is 0 Å². The zero-order valence-corrected chi connectivity index (χ0v) is 13.2. The molecule has 1 atom stereocenters. The second-order valence-corrected chi connectivity index (χ2v) is 6.63. The van der Waals surface area contributed by atoms with Crippen molar-refractivity contribution in [1.29, 1.82) is 0 Å². The second kappa shape index (κ2) is 6.37. The number of hydrogen-bond donors (Lipinski definition) is 2. The Morgan fingerprint density at radius 3 is 2.90 bits per heavy atom. The average molecular weight is 290 g/mol. The SMILES string of the molecule is CCOC(=O)c1cc(N)ccc1NC1CCCC(C)(C)C1. The van der Waals surface area contributed by atoms with E-state index < -0.39 is 0 Å². The average Bonchev–Trinajstić information content (AvgIpc) is 2.40. The van der Waals surface area contributed by atoms with Gasteiger partial charge in [-0.2, -0.15) is 0 Å². The summed E-state index contributed by atoms with van der Waals surface area (Å²) in [5.41, 5.74) is 8.09. The number of nitrogens with two attached hydrogens (primary N) is 1. The van der Waals surface area contributed by atoms with Gasteiger partial charge in [0.1, 0.15) is 0 Å². The van der Waals surface area contributed by atoms with E-state index in [9.17, 15) is 4.79 Å². The van der Waals surface area contributed by atoms with E-state index in [-0.39, 0.29) is 5.97 Å². The standard InChI is InChI=1S/C17H26N2O2/c1-4-21-16(20)14-10-12(18)7-8-15(14)19-13-6-5-9-17(2,3)11-13/h7-8,10,13,19H,4-6,9,11,18H2,1-3H3. The summed E-state index contributed by atoms with van der Waals surface area (Å²) in [5.74, 6) is -0.317. The van der Waals surface area contributed by atoms with Gasteiger partial charge in [0.15, 0.2) is 0 Å². The zero-order chi connectivity index (χ0) is 15.5. The summed E-state index contributed by atoms with van der Waals surface area (Å²) >= 11 is 0. The highest BCUT2D eigenvalue weighted by Crippen LogP contribution is 2.36. The summed E-state index contributed by atoms with van der Waals surface area (Å²) < 4.78 is 5.12. The maximum Gasteiger partial charge on any atom is 0.340 e. The molecule has 2 rings (SSSR count). The van der Waals surface area contributed by atoms with Crippen LogP contribution in [0.5, 0.6) is 0 Å².